The Morgan fingerprint density at radius 3 is 2.71 bits per heavy atom. The third-order valence-electron chi connectivity index (χ3n) is 5.28. The Kier molecular flexibility index (Phi) is 6.15. The number of rotatable bonds is 4. The number of ether oxygens (including phenoxy) is 1. The number of nitrogens with one attached hydrogen (secondary N) is 1. The molecule has 1 heterocycles. The van der Waals surface area contributed by atoms with Crippen molar-refractivity contribution in [3.8, 4) is 0 Å². The van der Waals surface area contributed by atoms with Gasteiger partial charge in [-0.15, -0.1) is 11.3 Å². The largest absolute Gasteiger partial charge is 0.462 e. The molecule has 0 bridgehead atoms. The first-order valence-electron chi connectivity index (χ1n) is 9.59. The summed E-state index contributed by atoms with van der Waals surface area (Å²) in [5.74, 6) is -0.0974. The molecule has 28 heavy (non-hydrogen) atoms. The minimum atomic E-state index is -0.365. The van der Waals surface area contributed by atoms with Crippen molar-refractivity contribution in [2.24, 2.45) is 11.3 Å². The molecule has 0 radical (unpaired) electrons. The number of carbonyl (C=O) groups is 2. The van der Waals surface area contributed by atoms with Crippen molar-refractivity contribution in [2.75, 3.05) is 11.9 Å². The van der Waals surface area contributed by atoms with E-state index in [0.29, 0.717) is 33.7 Å². The highest BCUT2D eigenvalue weighted by Gasteiger charge is 2.34. The third-order valence-corrected chi connectivity index (χ3v) is 6.69. The number of esters is 1. The zero-order chi connectivity index (χ0) is 20.5. The number of thiophene rings is 1. The molecule has 150 valence electrons. The number of hydrogen-bond acceptors (Lipinski definition) is 4. The Morgan fingerprint density at radius 1 is 1.32 bits per heavy atom. The molecule has 1 aromatic heterocycles. The van der Waals surface area contributed by atoms with Gasteiger partial charge in [-0.25, -0.2) is 4.79 Å². The maximum atomic E-state index is 12.7. The average Bonchev–Trinajstić information content (AvgIpc) is 2.98. The first kappa shape index (κ1) is 20.9. The van der Waals surface area contributed by atoms with Crippen LogP contribution >= 0.6 is 22.9 Å². The predicted octanol–water partition coefficient (Wildman–Crippen LogP) is 5.98. The van der Waals surface area contributed by atoms with Crippen LogP contribution in [0.4, 0.5) is 5.00 Å². The molecule has 2 aromatic rings. The quantitative estimate of drug-likeness (QED) is 0.620. The molecule has 1 amide bonds. The molecular formula is C22H26ClNO3S. The molecule has 6 heteroatoms. The minimum Gasteiger partial charge on any atom is -0.462 e. The van der Waals surface area contributed by atoms with Gasteiger partial charge in [0.1, 0.15) is 5.00 Å². The number of carbonyl (C=O) groups excluding carboxylic acids is 2. The van der Waals surface area contributed by atoms with E-state index in [2.05, 4.69) is 26.1 Å². The second kappa shape index (κ2) is 8.26. The fourth-order valence-electron chi connectivity index (χ4n) is 3.64. The summed E-state index contributed by atoms with van der Waals surface area (Å²) >= 11 is 7.50. The normalized spacial score (nSPS) is 16.4. The van der Waals surface area contributed by atoms with Crippen molar-refractivity contribution in [1.29, 1.82) is 0 Å². The van der Waals surface area contributed by atoms with Crippen molar-refractivity contribution in [3.05, 3.63) is 50.9 Å². The van der Waals surface area contributed by atoms with Crippen LogP contribution < -0.4 is 5.32 Å². The minimum absolute atomic E-state index is 0.204. The zero-order valence-corrected chi connectivity index (χ0v) is 18.3. The van der Waals surface area contributed by atoms with E-state index in [4.69, 9.17) is 16.3 Å². The van der Waals surface area contributed by atoms with Gasteiger partial charge in [-0.1, -0.05) is 38.4 Å². The van der Waals surface area contributed by atoms with Gasteiger partial charge >= 0.3 is 5.97 Å². The van der Waals surface area contributed by atoms with Crippen molar-refractivity contribution >= 4 is 39.8 Å². The Balaban J connectivity index is 1.95. The average molecular weight is 420 g/mol. The summed E-state index contributed by atoms with van der Waals surface area (Å²) in [4.78, 5) is 26.6. The Hall–Kier alpha value is -1.85. The van der Waals surface area contributed by atoms with Crippen LogP contribution in [0, 0.1) is 11.3 Å². The lowest BCUT2D eigenvalue weighted by Gasteiger charge is -2.33. The molecule has 3 rings (SSSR count). The molecule has 0 aliphatic heterocycles. The molecule has 4 nitrogen and oxygen atoms in total. The fraction of sp³-hybridized carbons (Fsp3) is 0.455. The van der Waals surface area contributed by atoms with Gasteiger partial charge in [0.15, 0.2) is 0 Å². The van der Waals surface area contributed by atoms with Crippen LogP contribution in [0.1, 0.15) is 65.3 Å². The van der Waals surface area contributed by atoms with Crippen LogP contribution in [0.2, 0.25) is 5.02 Å². The van der Waals surface area contributed by atoms with Crippen LogP contribution in [-0.4, -0.2) is 18.5 Å². The summed E-state index contributed by atoms with van der Waals surface area (Å²) in [5.41, 5.74) is 2.21. The van der Waals surface area contributed by atoms with E-state index in [9.17, 15) is 9.59 Å². The number of anilines is 1. The topological polar surface area (TPSA) is 55.4 Å². The molecule has 1 atom stereocenters. The number of halogens is 1. The molecule has 0 spiro atoms. The maximum Gasteiger partial charge on any atom is 0.341 e. The van der Waals surface area contributed by atoms with E-state index >= 15 is 0 Å². The smallest absolute Gasteiger partial charge is 0.341 e. The first-order valence-corrected chi connectivity index (χ1v) is 10.8. The molecule has 0 fully saturated rings. The van der Waals surface area contributed by atoms with Gasteiger partial charge in [-0.2, -0.15) is 0 Å². The van der Waals surface area contributed by atoms with E-state index in [1.165, 1.54) is 16.2 Å². The fourth-order valence-corrected chi connectivity index (χ4v) is 5.14. The van der Waals surface area contributed by atoms with E-state index in [0.717, 1.165) is 24.8 Å². The van der Waals surface area contributed by atoms with E-state index in [1.807, 2.05) is 0 Å². The summed E-state index contributed by atoms with van der Waals surface area (Å²) in [6.45, 7) is 8.85. The van der Waals surface area contributed by atoms with Crippen molar-refractivity contribution < 1.29 is 14.3 Å². The molecule has 1 N–H and O–H groups in total. The van der Waals surface area contributed by atoms with Gasteiger partial charge < -0.3 is 10.1 Å². The highest BCUT2D eigenvalue weighted by Crippen LogP contribution is 2.44. The number of fused-ring (bicyclic) bond motifs is 1. The summed E-state index contributed by atoms with van der Waals surface area (Å²) in [6, 6.07) is 6.77. The molecule has 0 saturated heterocycles. The second-order valence-electron chi connectivity index (χ2n) is 8.20. The standard InChI is InChI=1S/C22H26ClNO3S/c1-5-27-21(26)18-16-10-9-14(22(2,3)4)12-17(16)28-20(18)24-19(25)13-7-6-8-15(23)11-13/h6-8,11,14H,5,9-10,12H2,1-4H3,(H,24,25). The SMILES string of the molecule is CCOC(=O)c1c(NC(=O)c2cccc(Cl)c2)sc2c1CCC(C(C)(C)C)C2. The molecule has 0 saturated carbocycles. The maximum absolute atomic E-state index is 12.7. The van der Waals surface area contributed by atoms with Crippen molar-refractivity contribution in [2.45, 2.75) is 47.0 Å². The number of benzene rings is 1. The van der Waals surface area contributed by atoms with Gasteiger partial charge in [-0.05, 0) is 61.3 Å². The number of hydrogen-bond donors (Lipinski definition) is 1. The van der Waals surface area contributed by atoms with Crippen LogP contribution in [0.25, 0.3) is 0 Å². The second-order valence-corrected chi connectivity index (χ2v) is 9.74. The highest BCUT2D eigenvalue weighted by atomic mass is 35.5. The summed E-state index contributed by atoms with van der Waals surface area (Å²) in [7, 11) is 0. The Labute approximate surface area is 175 Å². The van der Waals surface area contributed by atoms with E-state index in [-0.39, 0.29) is 17.3 Å². The molecular weight excluding hydrogens is 394 g/mol. The molecule has 1 aliphatic rings. The van der Waals surface area contributed by atoms with Gasteiger partial charge in [0.25, 0.3) is 5.91 Å². The molecule has 1 aromatic carbocycles. The third kappa shape index (κ3) is 4.41. The highest BCUT2D eigenvalue weighted by molar-refractivity contribution is 7.17. The summed E-state index contributed by atoms with van der Waals surface area (Å²) < 4.78 is 5.29. The lowest BCUT2D eigenvalue weighted by Crippen LogP contribution is -2.26. The van der Waals surface area contributed by atoms with Crippen LogP contribution in [-0.2, 0) is 17.6 Å². The summed E-state index contributed by atoms with van der Waals surface area (Å²) in [5, 5.41) is 3.99. The zero-order valence-electron chi connectivity index (χ0n) is 16.7. The first-order chi connectivity index (χ1) is 13.2. The van der Waals surface area contributed by atoms with Gasteiger partial charge in [-0.3, -0.25) is 4.79 Å². The lowest BCUT2D eigenvalue weighted by molar-refractivity contribution is 0.0526. The van der Waals surface area contributed by atoms with Gasteiger partial charge in [0, 0.05) is 15.5 Å². The molecule has 1 aliphatic carbocycles. The van der Waals surface area contributed by atoms with Crippen molar-refractivity contribution in [1.82, 2.24) is 0 Å². The lowest BCUT2D eigenvalue weighted by atomic mass is 9.72. The summed E-state index contributed by atoms with van der Waals surface area (Å²) in [6.07, 6.45) is 2.78. The van der Waals surface area contributed by atoms with Crippen LogP contribution in [0.3, 0.4) is 0 Å². The molecule has 1 unspecified atom stereocenters. The number of amides is 1. The van der Waals surface area contributed by atoms with Gasteiger partial charge in [0.2, 0.25) is 0 Å². The van der Waals surface area contributed by atoms with E-state index in [1.54, 1.807) is 31.2 Å². The monoisotopic (exact) mass is 419 g/mol. The Bertz CT molecular complexity index is 898. The predicted molar refractivity (Wildman–Crippen MR) is 115 cm³/mol. The van der Waals surface area contributed by atoms with Crippen LogP contribution in [0.15, 0.2) is 24.3 Å². The Morgan fingerprint density at radius 2 is 2.07 bits per heavy atom. The van der Waals surface area contributed by atoms with Crippen LogP contribution in [0.5, 0.6) is 0 Å². The van der Waals surface area contributed by atoms with Crippen molar-refractivity contribution in [3.63, 3.8) is 0 Å². The van der Waals surface area contributed by atoms with Gasteiger partial charge in [0.05, 0.1) is 12.2 Å². The van der Waals surface area contributed by atoms with E-state index < -0.39 is 0 Å².